The van der Waals surface area contributed by atoms with E-state index in [1.807, 2.05) is 0 Å². The van der Waals surface area contributed by atoms with Gasteiger partial charge in [0.2, 0.25) is 0 Å². The fourth-order valence-electron chi connectivity index (χ4n) is 2.01. The fraction of sp³-hybridized carbons (Fsp3) is 0.571. The van der Waals surface area contributed by atoms with E-state index in [9.17, 15) is 0 Å². The lowest BCUT2D eigenvalue weighted by molar-refractivity contribution is 0.506. The molecule has 2 N–H and O–H groups in total. The van der Waals surface area contributed by atoms with Crippen LogP contribution in [0.2, 0.25) is 0 Å². The number of hydrogen-bond acceptors (Lipinski definition) is 1. The van der Waals surface area contributed by atoms with Crippen molar-refractivity contribution < 1.29 is 0 Å². The van der Waals surface area contributed by atoms with Crippen molar-refractivity contribution in [1.29, 1.82) is 0 Å². The van der Waals surface area contributed by atoms with Crippen LogP contribution in [0.15, 0.2) is 24.3 Å². The minimum atomic E-state index is 0.501. The Bertz CT molecular complexity index is 274. The second kappa shape index (κ2) is 5.92. The summed E-state index contributed by atoms with van der Waals surface area (Å²) in [6, 6.07) is 8.96. The molecule has 0 fully saturated rings. The van der Waals surface area contributed by atoms with Crippen molar-refractivity contribution in [3.63, 3.8) is 0 Å². The summed E-state index contributed by atoms with van der Waals surface area (Å²) in [6.07, 6.45) is 2.39. The number of rotatable bonds is 5. The van der Waals surface area contributed by atoms with Crippen molar-refractivity contribution in [2.24, 2.45) is 11.7 Å². The van der Waals surface area contributed by atoms with Crippen LogP contribution in [0.1, 0.15) is 44.2 Å². The highest BCUT2D eigenvalue weighted by atomic mass is 14.6. The lowest BCUT2D eigenvalue weighted by Gasteiger charge is -2.19. The third-order valence-electron chi connectivity index (χ3n) is 3.01. The Morgan fingerprint density at radius 2 is 1.73 bits per heavy atom. The van der Waals surface area contributed by atoms with E-state index in [-0.39, 0.29) is 0 Å². The number of aryl methyl sites for hydroxylation is 1. The summed E-state index contributed by atoms with van der Waals surface area (Å²) in [4.78, 5) is 0. The molecule has 15 heavy (non-hydrogen) atoms. The maximum absolute atomic E-state index is 5.80. The van der Waals surface area contributed by atoms with Crippen molar-refractivity contribution in [3.8, 4) is 0 Å². The van der Waals surface area contributed by atoms with Crippen molar-refractivity contribution in [2.75, 3.05) is 6.54 Å². The van der Waals surface area contributed by atoms with Gasteiger partial charge in [-0.25, -0.2) is 0 Å². The molecule has 1 nitrogen and oxygen atoms in total. The van der Waals surface area contributed by atoms with Gasteiger partial charge in [0.1, 0.15) is 0 Å². The zero-order valence-electron chi connectivity index (χ0n) is 10.2. The Morgan fingerprint density at radius 1 is 1.13 bits per heavy atom. The molecule has 1 unspecified atom stereocenters. The predicted molar refractivity (Wildman–Crippen MR) is 67.1 cm³/mol. The lowest BCUT2D eigenvalue weighted by atomic mass is 9.88. The zero-order valence-corrected chi connectivity index (χ0v) is 10.2. The van der Waals surface area contributed by atoms with Gasteiger partial charge in [-0.15, -0.1) is 0 Å². The molecule has 1 rings (SSSR count). The van der Waals surface area contributed by atoms with Gasteiger partial charge >= 0.3 is 0 Å². The molecule has 1 atom stereocenters. The molecule has 0 heterocycles. The molecule has 84 valence electrons. The van der Waals surface area contributed by atoms with Crippen LogP contribution in [0, 0.1) is 5.92 Å². The molecule has 0 spiro atoms. The molecular weight excluding hydrogens is 182 g/mol. The summed E-state index contributed by atoms with van der Waals surface area (Å²) in [5.41, 5.74) is 8.62. The molecule has 0 amide bonds. The monoisotopic (exact) mass is 205 g/mol. The molecule has 1 aromatic rings. The average Bonchev–Trinajstić information content (AvgIpc) is 2.21. The third-order valence-corrected chi connectivity index (χ3v) is 3.01. The molecule has 0 saturated carbocycles. The predicted octanol–water partition coefficient (Wildman–Crippen LogP) is 3.34. The van der Waals surface area contributed by atoms with Crippen LogP contribution in [0.5, 0.6) is 0 Å². The molecule has 0 saturated heterocycles. The first-order valence-electron chi connectivity index (χ1n) is 5.98. The normalized spacial score (nSPS) is 13.1. The van der Waals surface area contributed by atoms with Crippen LogP contribution < -0.4 is 5.73 Å². The van der Waals surface area contributed by atoms with Gasteiger partial charge in [0.15, 0.2) is 0 Å². The van der Waals surface area contributed by atoms with Gasteiger partial charge in [-0.3, -0.25) is 0 Å². The summed E-state index contributed by atoms with van der Waals surface area (Å²) in [5, 5.41) is 0. The van der Waals surface area contributed by atoms with Crippen LogP contribution in [-0.2, 0) is 6.42 Å². The number of nitrogens with two attached hydrogens (primary N) is 1. The van der Waals surface area contributed by atoms with Crippen LogP contribution in [0.25, 0.3) is 0 Å². The highest BCUT2D eigenvalue weighted by molar-refractivity contribution is 5.26. The lowest BCUT2D eigenvalue weighted by Crippen LogP contribution is -2.17. The quantitative estimate of drug-likeness (QED) is 0.784. The Labute approximate surface area is 93.7 Å². The highest BCUT2D eigenvalue weighted by Gasteiger charge is 2.13. The van der Waals surface area contributed by atoms with Gasteiger partial charge in [0, 0.05) is 0 Å². The zero-order chi connectivity index (χ0) is 11.3. The summed E-state index contributed by atoms with van der Waals surface area (Å²) in [6.45, 7) is 7.42. The summed E-state index contributed by atoms with van der Waals surface area (Å²) in [7, 11) is 0. The standard InChI is InChI=1S/C14H23N/c1-4-5-12-6-8-13(9-7-12)14(10-15)11(2)3/h6-9,11,14H,4-5,10,15H2,1-3H3. The Morgan fingerprint density at radius 3 is 2.13 bits per heavy atom. The van der Waals surface area contributed by atoms with Crippen molar-refractivity contribution >= 4 is 0 Å². The molecule has 0 aliphatic heterocycles. The molecule has 0 bridgehead atoms. The van der Waals surface area contributed by atoms with Crippen molar-refractivity contribution in [2.45, 2.75) is 39.5 Å². The molecule has 1 aromatic carbocycles. The van der Waals surface area contributed by atoms with E-state index in [0.717, 1.165) is 6.54 Å². The van der Waals surface area contributed by atoms with Gasteiger partial charge in [0.05, 0.1) is 0 Å². The van der Waals surface area contributed by atoms with E-state index >= 15 is 0 Å². The maximum Gasteiger partial charge on any atom is -0.000577 e. The van der Waals surface area contributed by atoms with Crippen molar-refractivity contribution in [3.05, 3.63) is 35.4 Å². The SMILES string of the molecule is CCCc1ccc(C(CN)C(C)C)cc1. The topological polar surface area (TPSA) is 26.0 Å². The van der Waals surface area contributed by atoms with Gasteiger partial charge < -0.3 is 5.73 Å². The molecule has 0 aliphatic carbocycles. The maximum atomic E-state index is 5.80. The fourth-order valence-corrected chi connectivity index (χ4v) is 2.01. The second-order valence-corrected chi connectivity index (χ2v) is 4.58. The minimum absolute atomic E-state index is 0.501. The number of hydrogen-bond donors (Lipinski definition) is 1. The minimum Gasteiger partial charge on any atom is -0.330 e. The molecule has 0 radical (unpaired) electrons. The first-order chi connectivity index (χ1) is 7.19. The molecule has 0 aliphatic rings. The second-order valence-electron chi connectivity index (χ2n) is 4.58. The van der Waals surface area contributed by atoms with Crippen molar-refractivity contribution in [1.82, 2.24) is 0 Å². The van der Waals surface area contributed by atoms with E-state index in [1.165, 1.54) is 24.0 Å². The van der Waals surface area contributed by atoms with Gasteiger partial charge in [-0.05, 0) is 35.9 Å². The number of benzene rings is 1. The first-order valence-corrected chi connectivity index (χ1v) is 5.98. The summed E-state index contributed by atoms with van der Waals surface area (Å²) < 4.78 is 0. The van der Waals surface area contributed by atoms with Gasteiger partial charge in [-0.2, -0.15) is 0 Å². The van der Waals surface area contributed by atoms with Crippen LogP contribution in [-0.4, -0.2) is 6.54 Å². The summed E-state index contributed by atoms with van der Waals surface area (Å²) in [5.74, 6) is 1.12. The largest absolute Gasteiger partial charge is 0.330 e. The Balaban J connectivity index is 2.77. The van der Waals surface area contributed by atoms with Gasteiger partial charge in [-0.1, -0.05) is 51.5 Å². The smallest absolute Gasteiger partial charge is 0.000577 e. The van der Waals surface area contributed by atoms with Crippen LogP contribution >= 0.6 is 0 Å². The Hall–Kier alpha value is -0.820. The summed E-state index contributed by atoms with van der Waals surface area (Å²) >= 11 is 0. The average molecular weight is 205 g/mol. The van der Waals surface area contributed by atoms with Crippen LogP contribution in [0.4, 0.5) is 0 Å². The van der Waals surface area contributed by atoms with E-state index in [2.05, 4.69) is 45.0 Å². The highest BCUT2D eigenvalue weighted by Crippen LogP contribution is 2.23. The van der Waals surface area contributed by atoms with E-state index in [4.69, 9.17) is 5.73 Å². The van der Waals surface area contributed by atoms with Gasteiger partial charge in [0.25, 0.3) is 0 Å². The van der Waals surface area contributed by atoms with E-state index < -0.39 is 0 Å². The molecule has 1 heteroatoms. The van der Waals surface area contributed by atoms with E-state index in [0.29, 0.717) is 11.8 Å². The van der Waals surface area contributed by atoms with Crippen LogP contribution in [0.3, 0.4) is 0 Å². The molecule has 0 aromatic heterocycles. The van der Waals surface area contributed by atoms with E-state index in [1.54, 1.807) is 0 Å². The Kier molecular flexibility index (Phi) is 4.83. The first kappa shape index (κ1) is 12.3. The third kappa shape index (κ3) is 3.35. The molecular formula is C14H23N.